The van der Waals surface area contributed by atoms with Gasteiger partial charge in [0, 0.05) is 16.9 Å². The highest BCUT2D eigenvalue weighted by Gasteiger charge is 2.20. The van der Waals surface area contributed by atoms with Gasteiger partial charge >= 0.3 is 0 Å². The summed E-state index contributed by atoms with van der Waals surface area (Å²) in [6.07, 6.45) is 0. The quantitative estimate of drug-likeness (QED) is 0.166. The van der Waals surface area contributed by atoms with Gasteiger partial charge in [-0.1, -0.05) is 176 Å². The molecule has 0 aromatic heterocycles. The average molecular weight is 653 g/mol. The van der Waals surface area contributed by atoms with Crippen molar-refractivity contribution in [3.63, 3.8) is 0 Å². The van der Waals surface area contributed by atoms with E-state index in [2.05, 4.69) is 120 Å². The molecule has 1 nitrogen and oxygen atoms in total. The third-order valence-corrected chi connectivity index (χ3v) is 9.56. The van der Waals surface area contributed by atoms with Crippen molar-refractivity contribution < 1.29 is 4.11 Å². The van der Waals surface area contributed by atoms with Gasteiger partial charge in [-0.05, 0) is 96.8 Å². The van der Waals surface area contributed by atoms with Crippen LogP contribution in [0.5, 0.6) is 0 Å². The lowest BCUT2D eigenvalue weighted by molar-refractivity contribution is 1.29. The number of hydrogen-bond acceptors (Lipinski definition) is 1. The molecule has 0 saturated carbocycles. The van der Waals surface area contributed by atoms with Gasteiger partial charge in [0.2, 0.25) is 0 Å². The highest BCUT2D eigenvalue weighted by atomic mass is 15.1. The molecule has 0 aliphatic heterocycles. The van der Waals surface area contributed by atoms with Crippen LogP contribution in [0.15, 0.2) is 212 Å². The molecule has 9 aromatic carbocycles. The van der Waals surface area contributed by atoms with E-state index < -0.39 is 0 Å². The summed E-state index contributed by atoms with van der Waals surface area (Å²) < 4.78 is 28.9. The van der Waals surface area contributed by atoms with Crippen LogP contribution in [-0.4, -0.2) is 0 Å². The second-order valence-electron chi connectivity index (χ2n) is 12.7. The van der Waals surface area contributed by atoms with Crippen molar-refractivity contribution in [2.45, 2.75) is 0 Å². The van der Waals surface area contributed by atoms with Crippen molar-refractivity contribution in [3.05, 3.63) is 212 Å². The Labute approximate surface area is 303 Å². The molecule has 1 heteroatoms. The fourth-order valence-electron chi connectivity index (χ4n) is 7.07. The van der Waals surface area contributed by atoms with E-state index in [0.29, 0.717) is 16.8 Å². The summed E-state index contributed by atoms with van der Waals surface area (Å²) in [6.45, 7) is 0. The first-order chi connectivity index (χ1) is 26.6. The van der Waals surface area contributed by atoms with Crippen molar-refractivity contribution >= 4 is 38.6 Å². The van der Waals surface area contributed by atoms with E-state index in [9.17, 15) is 4.11 Å². The van der Waals surface area contributed by atoms with E-state index in [1.165, 1.54) is 16.3 Å². The number of nitrogens with zero attached hydrogens (tertiary/aromatic N) is 1. The third-order valence-electron chi connectivity index (χ3n) is 9.56. The Balaban J connectivity index is 1.29. The molecule has 0 saturated heterocycles. The molecule has 0 atom stereocenters. The topological polar surface area (TPSA) is 3.24 Å². The Kier molecular flexibility index (Phi) is 7.09. The van der Waals surface area contributed by atoms with Gasteiger partial charge in [-0.15, -0.1) is 0 Å². The minimum Gasteiger partial charge on any atom is -0.310 e. The number of hydrogen-bond donors (Lipinski definition) is 0. The van der Waals surface area contributed by atoms with Crippen molar-refractivity contribution in [1.82, 2.24) is 0 Å². The Morgan fingerprint density at radius 1 is 0.353 bits per heavy atom. The van der Waals surface area contributed by atoms with Gasteiger partial charge in [0.05, 0.1) is 9.80 Å². The van der Waals surface area contributed by atoms with Crippen LogP contribution in [0.1, 0.15) is 4.11 Å². The predicted molar refractivity (Wildman–Crippen MR) is 218 cm³/mol. The van der Waals surface area contributed by atoms with Gasteiger partial charge in [-0.25, -0.2) is 0 Å². The van der Waals surface area contributed by atoms with Gasteiger partial charge in [0.25, 0.3) is 0 Å². The first kappa shape index (κ1) is 27.2. The monoisotopic (exact) mass is 652 g/mol. The first-order valence-corrected chi connectivity index (χ1v) is 17.3. The molecule has 0 spiro atoms. The highest BCUT2D eigenvalue weighted by molar-refractivity contribution is 6.04. The number of benzene rings is 9. The summed E-state index contributed by atoms with van der Waals surface area (Å²) in [6, 6.07) is 66.2. The zero-order valence-electron chi connectivity index (χ0n) is 30.9. The summed E-state index contributed by atoms with van der Waals surface area (Å²) in [5.74, 6) is 0. The summed E-state index contributed by atoms with van der Waals surface area (Å²) in [5.41, 5.74) is 9.31. The molecule has 0 bridgehead atoms. The normalized spacial score (nSPS) is 12.0. The van der Waals surface area contributed by atoms with Gasteiger partial charge in [-0.3, -0.25) is 0 Å². The minimum atomic E-state index is 0.0203. The van der Waals surface area contributed by atoms with Crippen LogP contribution in [0.3, 0.4) is 0 Å². The standard InChI is InChI=1S/C50H35N/c1-4-14-36(15-5-1)43-28-33-49(48(35-43)38-17-6-2-7-18-38)51(45-31-24-37-16-10-11-22-42(37)34-45)44-29-25-40(26-30-44)47-32-27-39-19-12-13-23-46(39)50(47)41-20-8-3-9-21-41/h1-35H/i28D,33D,35D. The molecule has 0 fully saturated rings. The van der Waals surface area contributed by atoms with Crippen molar-refractivity contribution in [2.24, 2.45) is 0 Å². The minimum absolute atomic E-state index is 0.0203. The van der Waals surface area contributed by atoms with E-state index >= 15 is 0 Å². The number of anilines is 3. The fraction of sp³-hybridized carbons (Fsp3) is 0. The van der Waals surface area contributed by atoms with Crippen molar-refractivity contribution in [1.29, 1.82) is 0 Å². The molecular formula is C50H35N. The second-order valence-corrected chi connectivity index (χ2v) is 12.7. The lowest BCUT2D eigenvalue weighted by atomic mass is 9.89. The van der Waals surface area contributed by atoms with Gasteiger partial charge < -0.3 is 4.90 Å². The average Bonchev–Trinajstić information content (AvgIpc) is 3.23. The van der Waals surface area contributed by atoms with Gasteiger partial charge in [-0.2, -0.15) is 0 Å². The summed E-state index contributed by atoms with van der Waals surface area (Å²) in [5, 5.41) is 4.55. The molecule has 0 aliphatic carbocycles. The number of fused-ring (bicyclic) bond motifs is 2. The zero-order chi connectivity index (χ0) is 36.6. The van der Waals surface area contributed by atoms with Crippen LogP contribution < -0.4 is 4.90 Å². The Morgan fingerprint density at radius 2 is 0.902 bits per heavy atom. The molecule has 0 aliphatic rings. The largest absolute Gasteiger partial charge is 0.310 e. The van der Waals surface area contributed by atoms with E-state index in [4.69, 9.17) is 0 Å². The van der Waals surface area contributed by atoms with E-state index in [-0.39, 0.29) is 18.1 Å². The smallest absolute Gasteiger partial charge is 0.0645 e. The zero-order valence-corrected chi connectivity index (χ0v) is 27.9. The Morgan fingerprint density at radius 3 is 1.63 bits per heavy atom. The molecule has 0 N–H and O–H groups in total. The molecular weight excluding hydrogens is 615 g/mol. The first-order valence-electron chi connectivity index (χ1n) is 18.8. The molecule has 51 heavy (non-hydrogen) atoms. The summed E-state index contributed by atoms with van der Waals surface area (Å²) in [4.78, 5) is 2.06. The van der Waals surface area contributed by atoms with Gasteiger partial charge in [0.1, 0.15) is 0 Å². The van der Waals surface area contributed by atoms with Gasteiger partial charge in [0.15, 0.2) is 0 Å². The van der Waals surface area contributed by atoms with E-state index in [1.54, 1.807) is 0 Å². The Bertz CT molecular complexity index is 2780. The second kappa shape index (κ2) is 13.3. The third kappa shape index (κ3) is 5.86. The molecule has 9 aromatic rings. The summed E-state index contributed by atoms with van der Waals surface area (Å²) >= 11 is 0. The summed E-state index contributed by atoms with van der Waals surface area (Å²) in [7, 11) is 0. The molecule has 0 unspecified atom stereocenters. The maximum Gasteiger partial charge on any atom is 0.0645 e. The van der Waals surface area contributed by atoms with Crippen LogP contribution in [0.2, 0.25) is 0 Å². The van der Waals surface area contributed by atoms with E-state index in [0.717, 1.165) is 50.0 Å². The SMILES string of the molecule is [2H]c1c([2H])c(N(c2ccc(-c3ccc4ccccc4c3-c3ccccc3)cc2)c2ccc3ccccc3c2)c(-c2ccccc2)c([2H])c1-c1ccccc1. The maximum atomic E-state index is 9.74. The van der Waals surface area contributed by atoms with Crippen molar-refractivity contribution in [2.75, 3.05) is 4.90 Å². The van der Waals surface area contributed by atoms with Crippen LogP contribution in [0.25, 0.3) is 66.1 Å². The maximum absolute atomic E-state index is 9.74. The van der Waals surface area contributed by atoms with Crippen LogP contribution >= 0.6 is 0 Å². The van der Waals surface area contributed by atoms with Crippen LogP contribution in [0.4, 0.5) is 17.1 Å². The lowest BCUT2D eigenvalue weighted by Crippen LogP contribution is -2.11. The lowest BCUT2D eigenvalue weighted by Gasteiger charge is -2.29. The number of rotatable bonds is 7. The molecule has 0 amide bonds. The fourth-order valence-corrected chi connectivity index (χ4v) is 7.07. The van der Waals surface area contributed by atoms with Crippen LogP contribution in [0, 0.1) is 0 Å². The molecule has 240 valence electrons. The molecule has 9 rings (SSSR count). The van der Waals surface area contributed by atoms with E-state index in [1.807, 2.05) is 78.9 Å². The van der Waals surface area contributed by atoms with Crippen molar-refractivity contribution in [3.8, 4) is 44.5 Å². The Hall–Kier alpha value is -6.70. The molecule has 0 radical (unpaired) electrons. The predicted octanol–water partition coefficient (Wildman–Crippen LogP) is 14.1. The highest BCUT2D eigenvalue weighted by Crippen LogP contribution is 2.45. The molecule has 0 heterocycles. The van der Waals surface area contributed by atoms with Crippen LogP contribution in [-0.2, 0) is 0 Å².